The Morgan fingerprint density at radius 2 is 1.81 bits per heavy atom. The molecular formula is C27H19N7O3. The van der Waals surface area contributed by atoms with E-state index in [1.165, 1.54) is 23.0 Å². The Morgan fingerprint density at radius 3 is 2.68 bits per heavy atom. The van der Waals surface area contributed by atoms with Crippen LogP contribution in [-0.2, 0) is 0 Å². The van der Waals surface area contributed by atoms with Crippen molar-refractivity contribution in [3.8, 4) is 17.1 Å². The molecule has 0 atom stereocenters. The number of carbonyl (C=O) groups excluding carboxylic acids is 1. The smallest absolute Gasteiger partial charge is 0.278 e. The Kier molecular flexibility index (Phi) is 5.19. The van der Waals surface area contributed by atoms with Crippen LogP contribution in [0.5, 0.6) is 5.75 Å². The highest BCUT2D eigenvalue weighted by molar-refractivity contribution is 6.04. The van der Waals surface area contributed by atoms with Crippen LogP contribution in [0.3, 0.4) is 0 Å². The molecule has 180 valence electrons. The number of nitrogens with one attached hydrogen (secondary N) is 1. The lowest BCUT2D eigenvalue weighted by Gasteiger charge is -2.09. The number of hydrogen-bond donors (Lipinski definition) is 2. The van der Waals surface area contributed by atoms with Crippen LogP contribution in [0.1, 0.15) is 16.2 Å². The molecule has 0 unspecified atom stereocenters. The van der Waals surface area contributed by atoms with E-state index in [1.54, 1.807) is 48.1 Å². The minimum atomic E-state index is -0.464. The van der Waals surface area contributed by atoms with E-state index >= 15 is 0 Å². The fourth-order valence-corrected chi connectivity index (χ4v) is 4.24. The quantitative estimate of drug-likeness (QED) is 0.386. The zero-order chi connectivity index (χ0) is 25.5. The Morgan fingerprint density at radius 1 is 0.973 bits per heavy atom. The highest BCUT2D eigenvalue weighted by atomic mass is 16.3. The second kappa shape index (κ2) is 8.68. The molecule has 0 aliphatic heterocycles. The lowest BCUT2D eigenvalue weighted by Crippen LogP contribution is -2.19. The molecule has 0 radical (unpaired) electrons. The van der Waals surface area contributed by atoms with Gasteiger partial charge in [-0.25, -0.2) is 9.67 Å². The van der Waals surface area contributed by atoms with Gasteiger partial charge >= 0.3 is 0 Å². The summed E-state index contributed by atoms with van der Waals surface area (Å²) in [5.41, 5.74) is 3.18. The number of pyridine rings is 1. The molecule has 10 nitrogen and oxygen atoms in total. The molecule has 2 N–H and O–H groups in total. The van der Waals surface area contributed by atoms with E-state index in [0.717, 1.165) is 10.9 Å². The van der Waals surface area contributed by atoms with Gasteiger partial charge in [0, 0.05) is 23.3 Å². The number of fused-ring (bicyclic) bond motifs is 2. The van der Waals surface area contributed by atoms with Gasteiger partial charge in [-0.15, -0.1) is 5.10 Å². The van der Waals surface area contributed by atoms with Gasteiger partial charge in [0.25, 0.3) is 11.5 Å². The van der Waals surface area contributed by atoms with E-state index in [-0.39, 0.29) is 17.0 Å². The molecule has 0 saturated heterocycles. The van der Waals surface area contributed by atoms with Gasteiger partial charge < -0.3 is 10.4 Å². The van der Waals surface area contributed by atoms with Crippen molar-refractivity contribution in [1.82, 2.24) is 29.5 Å². The predicted octanol–water partition coefficient (Wildman–Crippen LogP) is 3.78. The second-order valence-electron chi connectivity index (χ2n) is 8.41. The number of rotatable bonds is 4. The van der Waals surface area contributed by atoms with E-state index in [0.29, 0.717) is 33.7 Å². The first-order valence-corrected chi connectivity index (χ1v) is 11.4. The molecule has 37 heavy (non-hydrogen) atoms. The predicted molar refractivity (Wildman–Crippen MR) is 138 cm³/mol. The van der Waals surface area contributed by atoms with Gasteiger partial charge in [0.2, 0.25) is 0 Å². The van der Waals surface area contributed by atoms with Gasteiger partial charge in [-0.05, 0) is 49.4 Å². The van der Waals surface area contributed by atoms with Crippen LogP contribution in [0.15, 0.2) is 90.1 Å². The number of aromatic hydroxyl groups is 1. The summed E-state index contributed by atoms with van der Waals surface area (Å²) in [4.78, 5) is 35.1. The minimum Gasteiger partial charge on any atom is -0.508 e. The van der Waals surface area contributed by atoms with Crippen LogP contribution in [-0.4, -0.2) is 40.5 Å². The average Bonchev–Trinajstić information content (AvgIpc) is 3.30. The number of phenols is 1. The van der Waals surface area contributed by atoms with Gasteiger partial charge in [-0.3, -0.25) is 19.1 Å². The van der Waals surface area contributed by atoms with Crippen molar-refractivity contribution >= 4 is 33.4 Å². The third kappa shape index (κ3) is 3.86. The maximum absolute atomic E-state index is 13.2. The van der Waals surface area contributed by atoms with Crippen molar-refractivity contribution in [3.05, 3.63) is 107 Å². The van der Waals surface area contributed by atoms with Gasteiger partial charge in [-0.2, -0.15) is 0 Å². The highest BCUT2D eigenvalue weighted by Gasteiger charge is 2.19. The zero-order valence-corrected chi connectivity index (χ0v) is 19.5. The Labute approximate surface area is 209 Å². The Bertz CT molecular complexity index is 1890. The first kappa shape index (κ1) is 22.1. The maximum atomic E-state index is 13.2. The Hall–Kier alpha value is -5.38. The zero-order valence-electron chi connectivity index (χ0n) is 19.5. The van der Waals surface area contributed by atoms with Crippen LogP contribution in [0.2, 0.25) is 0 Å². The van der Waals surface area contributed by atoms with Gasteiger partial charge in [0.05, 0.1) is 33.5 Å². The molecule has 6 rings (SSSR count). The van der Waals surface area contributed by atoms with Crippen LogP contribution >= 0.6 is 0 Å². The topological polar surface area (TPSA) is 128 Å². The average molecular weight is 489 g/mol. The van der Waals surface area contributed by atoms with Gasteiger partial charge in [0.1, 0.15) is 12.1 Å². The molecule has 0 fully saturated rings. The van der Waals surface area contributed by atoms with E-state index in [1.807, 2.05) is 30.3 Å². The van der Waals surface area contributed by atoms with Crippen molar-refractivity contribution in [3.63, 3.8) is 0 Å². The second-order valence-corrected chi connectivity index (χ2v) is 8.41. The summed E-state index contributed by atoms with van der Waals surface area (Å²) >= 11 is 0. The molecule has 10 heteroatoms. The van der Waals surface area contributed by atoms with Crippen molar-refractivity contribution in [2.24, 2.45) is 0 Å². The monoisotopic (exact) mass is 489 g/mol. The third-order valence-electron chi connectivity index (χ3n) is 6.07. The van der Waals surface area contributed by atoms with E-state index < -0.39 is 5.91 Å². The fourth-order valence-electron chi connectivity index (χ4n) is 4.24. The number of benzene rings is 3. The van der Waals surface area contributed by atoms with Gasteiger partial charge in [0.15, 0.2) is 5.69 Å². The Balaban J connectivity index is 1.34. The van der Waals surface area contributed by atoms with Gasteiger partial charge in [-0.1, -0.05) is 29.5 Å². The standard InChI is InChI=1S/C27H19N7O3/c1-16-24(31-32-34(16)23-9-2-5-17-6-4-12-28-25(17)23)26(36)30-18-10-11-22-21(13-18)27(37)33(15-29-22)19-7-3-8-20(35)14-19/h2-15,35H,1H3,(H,30,36). The number of aromatic nitrogens is 6. The van der Waals surface area contributed by atoms with Crippen molar-refractivity contribution in [1.29, 1.82) is 0 Å². The number of anilines is 1. The molecule has 0 saturated carbocycles. The summed E-state index contributed by atoms with van der Waals surface area (Å²) in [6.45, 7) is 1.76. The molecule has 3 aromatic carbocycles. The van der Waals surface area contributed by atoms with Crippen molar-refractivity contribution in [2.45, 2.75) is 6.92 Å². The molecule has 0 aliphatic carbocycles. The van der Waals surface area contributed by atoms with Crippen LogP contribution < -0.4 is 10.9 Å². The highest BCUT2D eigenvalue weighted by Crippen LogP contribution is 2.22. The first-order chi connectivity index (χ1) is 18.0. The number of hydrogen-bond acceptors (Lipinski definition) is 7. The van der Waals surface area contributed by atoms with Crippen LogP contribution in [0, 0.1) is 6.92 Å². The molecule has 0 aliphatic rings. The largest absolute Gasteiger partial charge is 0.508 e. The minimum absolute atomic E-state index is 0.0354. The summed E-state index contributed by atoms with van der Waals surface area (Å²) in [6, 6.07) is 20.7. The van der Waals surface area contributed by atoms with Crippen LogP contribution in [0.25, 0.3) is 33.2 Å². The summed E-state index contributed by atoms with van der Waals surface area (Å²) in [5.74, 6) is -0.429. The first-order valence-electron chi connectivity index (χ1n) is 11.4. The molecule has 3 heterocycles. The number of nitrogens with zero attached hydrogens (tertiary/aromatic N) is 6. The summed E-state index contributed by atoms with van der Waals surface area (Å²) in [7, 11) is 0. The summed E-state index contributed by atoms with van der Waals surface area (Å²) in [6.07, 6.45) is 3.11. The SMILES string of the molecule is Cc1c(C(=O)Nc2ccc3ncn(-c4cccc(O)c4)c(=O)c3c2)nnn1-c1cccc2cccnc12. The lowest BCUT2D eigenvalue weighted by molar-refractivity contribution is 0.102. The molecule has 6 aromatic rings. The third-order valence-corrected chi connectivity index (χ3v) is 6.07. The van der Waals surface area contributed by atoms with Crippen molar-refractivity contribution in [2.75, 3.05) is 5.32 Å². The summed E-state index contributed by atoms with van der Waals surface area (Å²) < 4.78 is 2.92. The normalized spacial score (nSPS) is 11.2. The van der Waals surface area contributed by atoms with E-state index in [9.17, 15) is 14.7 Å². The molecule has 0 spiro atoms. The maximum Gasteiger partial charge on any atom is 0.278 e. The molecular weight excluding hydrogens is 470 g/mol. The number of carbonyl (C=O) groups is 1. The number of amides is 1. The molecule has 0 bridgehead atoms. The van der Waals surface area contributed by atoms with Crippen LogP contribution in [0.4, 0.5) is 5.69 Å². The molecule has 1 amide bonds. The van der Waals surface area contributed by atoms with Crippen molar-refractivity contribution < 1.29 is 9.90 Å². The summed E-state index contributed by atoms with van der Waals surface area (Å²) in [5, 5.41) is 22.1. The number of phenolic OH excluding ortho intramolecular Hbond substituents is 1. The fraction of sp³-hybridized carbons (Fsp3) is 0.0370. The molecule has 3 aromatic heterocycles. The van der Waals surface area contributed by atoms with E-state index in [4.69, 9.17) is 0 Å². The van der Waals surface area contributed by atoms with E-state index in [2.05, 4.69) is 25.6 Å². The lowest BCUT2D eigenvalue weighted by atomic mass is 10.2. The number of para-hydroxylation sites is 1.